The van der Waals surface area contributed by atoms with E-state index in [1.54, 1.807) is 6.20 Å². The summed E-state index contributed by atoms with van der Waals surface area (Å²) in [7, 11) is 0. The van der Waals surface area contributed by atoms with Gasteiger partial charge in [-0.2, -0.15) is 0 Å². The predicted molar refractivity (Wildman–Crippen MR) is 49.2 cm³/mol. The minimum absolute atomic E-state index is 0.973. The molecule has 0 radical (unpaired) electrons. The van der Waals surface area contributed by atoms with Crippen molar-refractivity contribution < 1.29 is 0 Å². The molecule has 0 aliphatic heterocycles. The van der Waals surface area contributed by atoms with Gasteiger partial charge in [-0.1, -0.05) is 5.92 Å². The van der Waals surface area contributed by atoms with E-state index in [4.69, 9.17) is 0 Å². The zero-order chi connectivity index (χ0) is 8.27. The van der Waals surface area contributed by atoms with Crippen molar-refractivity contribution in [1.29, 1.82) is 0 Å². The van der Waals surface area contributed by atoms with Crippen molar-refractivity contribution in [3.63, 3.8) is 0 Å². The van der Waals surface area contributed by atoms with Gasteiger partial charge in [-0.15, -0.1) is 5.92 Å². The lowest BCUT2D eigenvalue weighted by atomic mass is 10.2. The fourth-order valence-corrected chi connectivity index (χ4v) is 1.10. The molecule has 0 amide bonds. The van der Waals surface area contributed by atoms with Gasteiger partial charge in [0.1, 0.15) is 0 Å². The molecule has 1 aromatic rings. The number of hydrogen-bond donors (Lipinski definition) is 0. The molecule has 0 fully saturated rings. The second kappa shape index (κ2) is 3.54. The van der Waals surface area contributed by atoms with Crippen LogP contribution in [0.1, 0.15) is 18.2 Å². The summed E-state index contributed by atoms with van der Waals surface area (Å²) < 4.78 is 0.973. The predicted octanol–water partition coefficient (Wildman–Crippen LogP) is 2.52. The Morgan fingerprint density at radius 2 is 2.27 bits per heavy atom. The second-order valence-electron chi connectivity index (χ2n) is 2.16. The van der Waals surface area contributed by atoms with Crippen LogP contribution in [0, 0.1) is 18.8 Å². The van der Waals surface area contributed by atoms with Gasteiger partial charge in [-0.25, -0.2) is 0 Å². The van der Waals surface area contributed by atoms with E-state index in [2.05, 4.69) is 32.8 Å². The van der Waals surface area contributed by atoms with Gasteiger partial charge in [-0.3, -0.25) is 4.98 Å². The van der Waals surface area contributed by atoms with Crippen LogP contribution in [0.15, 0.2) is 16.7 Å². The number of hydrogen-bond acceptors (Lipinski definition) is 1. The van der Waals surface area contributed by atoms with Crippen LogP contribution in [0.4, 0.5) is 0 Å². The standard InChI is InChI=1S/C9H8BrN/c1-3-4-8-5-9(10)6-11-7(8)2/h5-6H,1-2H3. The molecule has 0 aliphatic rings. The molecule has 0 N–H and O–H groups in total. The highest BCUT2D eigenvalue weighted by Gasteiger charge is 1.95. The maximum absolute atomic E-state index is 4.15. The van der Waals surface area contributed by atoms with E-state index in [-0.39, 0.29) is 0 Å². The summed E-state index contributed by atoms with van der Waals surface area (Å²) in [5.74, 6) is 5.82. The Kier molecular flexibility index (Phi) is 2.67. The van der Waals surface area contributed by atoms with Crippen LogP contribution >= 0.6 is 15.9 Å². The van der Waals surface area contributed by atoms with E-state index < -0.39 is 0 Å². The highest BCUT2D eigenvalue weighted by molar-refractivity contribution is 9.10. The van der Waals surface area contributed by atoms with Gasteiger partial charge in [0.05, 0.1) is 5.69 Å². The minimum atomic E-state index is 0.973. The van der Waals surface area contributed by atoms with E-state index >= 15 is 0 Å². The Bertz CT molecular complexity index is 320. The lowest BCUT2D eigenvalue weighted by Gasteiger charge is -1.96. The zero-order valence-electron chi connectivity index (χ0n) is 6.48. The molecule has 1 heterocycles. The van der Waals surface area contributed by atoms with Gasteiger partial charge in [-0.05, 0) is 35.8 Å². The van der Waals surface area contributed by atoms with E-state index in [0.717, 1.165) is 15.7 Å². The highest BCUT2D eigenvalue weighted by Crippen LogP contribution is 2.11. The van der Waals surface area contributed by atoms with Crippen molar-refractivity contribution in [3.8, 4) is 11.8 Å². The maximum atomic E-state index is 4.15. The first kappa shape index (κ1) is 8.29. The summed E-state index contributed by atoms with van der Waals surface area (Å²) in [5, 5.41) is 0. The first-order chi connectivity index (χ1) is 5.24. The first-order valence-electron chi connectivity index (χ1n) is 3.29. The monoisotopic (exact) mass is 209 g/mol. The lowest BCUT2D eigenvalue weighted by Crippen LogP contribution is -1.86. The van der Waals surface area contributed by atoms with Crippen molar-refractivity contribution in [2.45, 2.75) is 13.8 Å². The minimum Gasteiger partial charge on any atom is -0.259 e. The Labute approximate surface area is 75.0 Å². The Balaban J connectivity index is 3.19. The highest BCUT2D eigenvalue weighted by atomic mass is 79.9. The van der Waals surface area contributed by atoms with Gasteiger partial charge in [0.15, 0.2) is 0 Å². The summed E-state index contributed by atoms with van der Waals surface area (Å²) in [6.45, 7) is 3.77. The van der Waals surface area contributed by atoms with Gasteiger partial charge in [0.2, 0.25) is 0 Å². The number of pyridine rings is 1. The molecule has 0 spiro atoms. The van der Waals surface area contributed by atoms with Crippen molar-refractivity contribution in [2.24, 2.45) is 0 Å². The molecule has 0 aliphatic carbocycles. The van der Waals surface area contributed by atoms with Gasteiger partial charge < -0.3 is 0 Å². The third-order valence-electron chi connectivity index (χ3n) is 1.31. The fourth-order valence-electron chi connectivity index (χ4n) is 0.769. The van der Waals surface area contributed by atoms with Crippen LogP contribution in [0.2, 0.25) is 0 Å². The van der Waals surface area contributed by atoms with Crippen molar-refractivity contribution >= 4 is 15.9 Å². The van der Waals surface area contributed by atoms with Crippen LogP contribution in [-0.4, -0.2) is 4.98 Å². The molecule has 0 saturated heterocycles. The van der Waals surface area contributed by atoms with Crippen molar-refractivity contribution in [2.75, 3.05) is 0 Å². The van der Waals surface area contributed by atoms with E-state index in [0.29, 0.717) is 0 Å². The van der Waals surface area contributed by atoms with Crippen LogP contribution < -0.4 is 0 Å². The summed E-state index contributed by atoms with van der Waals surface area (Å²) in [6.07, 6.45) is 1.77. The van der Waals surface area contributed by atoms with Crippen LogP contribution in [0.25, 0.3) is 0 Å². The number of aryl methyl sites for hydroxylation is 1. The van der Waals surface area contributed by atoms with E-state index in [9.17, 15) is 0 Å². The Hall–Kier alpha value is -0.810. The fraction of sp³-hybridized carbons (Fsp3) is 0.222. The second-order valence-corrected chi connectivity index (χ2v) is 3.08. The molecule has 0 aromatic carbocycles. The normalized spacial score (nSPS) is 8.64. The number of rotatable bonds is 0. The van der Waals surface area contributed by atoms with Crippen LogP contribution in [0.5, 0.6) is 0 Å². The van der Waals surface area contributed by atoms with Crippen molar-refractivity contribution in [1.82, 2.24) is 4.98 Å². The quantitative estimate of drug-likeness (QED) is 0.599. The molecule has 1 nitrogen and oxygen atoms in total. The van der Waals surface area contributed by atoms with Crippen LogP contribution in [0.3, 0.4) is 0 Å². The summed E-state index contributed by atoms with van der Waals surface area (Å²) in [6, 6.07) is 1.97. The molecular weight excluding hydrogens is 202 g/mol. The SMILES string of the molecule is CC#Cc1cc(Br)cnc1C. The third kappa shape index (κ3) is 2.06. The largest absolute Gasteiger partial charge is 0.259 e. The number of nitrogens with zero attached hydrogens (tertiary/aromatic N) is 1. The van der Waals surface area contributed by atoms with E-state index in [1.165, 1.54) is 0 Å². The summed E-state index contributed by atoms with van der Waals surface area (Å²) >= 11 is 3.34. The molecular formula is C9H8BrN. The topological polar surface area (TPSA) is 12.9 Å². The molecule has 11 heavy (non-hydrogen) atoms. The average molecular weight is 210 g/mol. The molecule has 56 valence electrons. The number of halogens is 1. The van der Waals surface area contributed by atoms with Gasteiger partial charge in [0.25, 0.3) is 0 Å². The average Bonchev–Trinajstić information content (AvgIpc) is 1.98. The molecule has 1 rings (SSSR count). The first-order valence-corrected chi connectivity index (χ1v) is 4.08. The molecule has 0 saturated carbocycles. The number of aromatic nitrogens is 1. The molecule has 0 atom stereocenters. The molecule has 1 aromatic heterocycles. The zero-order valence-corrected chi connectivity index (χ0v) is 8.07. The van der Waals surface area contributed by atoms with Crippen LogP contribution in [-0.2, 0) is 0 Å². The smallest absolute Gasteiger partial charge is 0.0529 e. The summed E-state index contributed by atoms with van der Waals surface area (Å²) in [4.78, 5) is 4.15. The van der Waals surface area contributed by atoms with Crippen molar-refractivity contribution in [3.05, 3.63) is 28.0 Å². The third-order valence-corrected chi connectivity index (χ3v) is 1.75. The Morgan fingerprint density at radius 3 is 2.91 bits per heavy atom. The van der Waals surface area contributed by atoms with Gasteiger partial charge in [0, 0.05) is 16.2 Å². The van der Waals surface area contributed by atoms with Gasteiger partial charge >= 0.3 is 0 Å². The summed E-state index contributed by atoms with van der Waals surface area (Å²) in [5.41, 5.74) is 1.96. The Morgan fingerprint density at radius 1 is 1.55 bits per heavy atom. The molecule has 0 unspecified atom stereocenters. The molecule has 0 bridgehead atoms. The lowest BCUT2D eigenvalue weighted by molar-refractivity contribution is 1.17. The van der Waals surface area contributed by atoms with E-state index in [1.807, 2.05) is 19.9 Å². The maximum Gasteiger partial charge on any atom is 0.0529 e. The molecule has 2 heteroatoms.